The lowest BCUT2D eigenvalue weighted by Crippen LogP contribution is -2.07. The van der Waals surface area contributed by atoms with Gasteiger partial charge in [-0.1, -0.05) is 48.0 Å². The van der Waals surface area contributed by atoms with Crippen LogP contribution in [0, 0.1) is 0 Å². The highest BCUT2D eigenvalue weighted by Crippen LogP contribution is 2.42. The van der Waals surface area contributed by atoms with E-state index in [0.717, 1.165) is 34.3 Å². The van der Waals surface area contributed by atoms with Gasteiger partial charge in [0.15, 0.2) is 0 Å². The summed E-state index contributed by atoms with van der Waals surface area (Å²) in [6.45, 7) is 0. The second-order valence-electron chi connectivity index (χ2n) is 5.96. The van der Waals surface area contributed by atoms with E-state index < -0.39 is 11.7 Å². The van der Waals surface area contributed by atoms with Gasteiger partial charge in [-0.15, -0.1) is 11.8 Å². The van der Waals surface area contributed by atoms with Crippen molar-refractivity contribution in [3.63, 3.8) is 0 Å². The Hall–Kier alpha value is -1.98. The number of aromatic nitrogens is 1. The molecule has 0 atom stereocenters. The summed E-state index contributed by atoms with van der Waals surface area (Å²) in [6.07, 6.45) is -0.0798. The number of hydrogen-bond donors (Lipinski definition) is 0. The molecule has 1 aliphatic rings. The van der Waals surface area contributed by atoms with Crippen LogP contribution in [0.2, 0.25) is 5.02 Å². The molecule has 26 heavy (non-hydrogen) atoms. The molecule has 0 spiro atoms. The first kappa shape index (κ1) is 17.4. The largest absolute Gasteiger partial charge is 0.418 e. The van der Waals surface area contributed by atoms with Crippen molar-refractivity contribution >= 4 is 46.4 Å². The van der Waals surface area contributed by atoms with Crippen LogP contribution in [-0.4, -0.2) is 10.7 Å². The van der Waals surface area contributed by atoms with Crippen molar-refractivity contribution in [2.45, 2.75) is 17.5 Å². The maximum absolute atomic E-state index is 13.4. The van der Waals surface area contributed by atoms with Gasteiger partial charge in [-0.3, -0.25) is 0 Å². The molecule has 0 saturated heterocycles. The molecule has 0 unspecified atom stereocenters. The van der Waals surface area contributed by atoms with Gasteiger partial charge < -0.3 is 0 Å². The first-order valence-corrected chi connectivity index (χ1v) is 9.40. The number of thioether (sulfide) groups is 1. The van der Waals surface area contributed by atoms with E-state index in [4.69, 9.17) is 11.6 Å². The van der Waals surface area contributed by atoms with Gasteiger partial charge in [0, 0.05) is 21.1 Å². The Morgan fingerprint density at radius 1 is 1.04 bits per heavy atom. The molecule has 1 aliphatic heterocycles. The molecule has 0 N–H and O–H groups in total. The van der Waals surface area contributed by atoms with Crippen molar-refractivity contribution in [1.82, 2.24) is 4.98 Å². The Kier molecular flexibility index (Phi) is 4.45. The normalized spacial score (nSPS) is 14.3. The number of rotatable bonds is 2. The maximum Gasteiger partial charge on any atom is 0.418 e. The number of hydrogen-bond acceptors (Lipinski definition) is 2. The van der Waals surface area contributed by atoms with Gasteiger partial charge in [0.05, 0.1) is 16.8 Å². The van der Waals surface area contributed by atoms with Crippen molar-refractivity contribution in [3.8, 4) is 0 Å². The summed E-state index contributed by atoms with van der Waals surface area (Å²) < 4.78 is 40.3. The third-order valence-corrected chi connectivity index (χ3v) is 5.83. The van der Waals surface area contributed by atoms with Gasteiger partial charge in [0.1, 0.15) is 0 Å². The number of alkyl halides is 3. The average Bonchev–Trinajstić information content (AvgIpc) is 3.09. The predicted octanol–water partition coefficient (Wildman–Crippen LogP) is 6.73. The van der Waals surface area contributed by atoms with Crippen LogP contribution in [0.1, 0.15) is 22.4 Å². The van der Waals surface area contributed by atoms with Crippen LogP contribution in [0.3, 0.4) is 0 Å². The Labute approximate surface area is 157 Å². The molecule has 6 heteroatoms. The van der Waals surface area contributed by atoms with Gasteiger partial charge in [-0.2, -0.15) is 13.2 Å². The van der Waals surface area contributed by atoms with Crippen molar-refractivity contribution in [2.24, 2.45) is 0 Å². The van der Waals surface area contributed by atoms with E-state index in [0.29, 0.717) is 16.1 Å². The Bertz CT molecular complexity index is 1030. The molecule has 1 aromatic heterocycles. The zero-order chi connectivity index (χ0) is 18.3. The molecule has 0 radical (unpaired) electrons. The molecule has 2 heterocycles. The van der Waals surface area contributed by atoms with E-state index in [9.17, 15) is 13.2 Å². The standard InChI is InChI=1S/C20H13ClF3NS/c21-16-7-2-1-4-12(16)8-9-17-13-10-11-26-19(13)14-5-3-6-15(18(14)25-17)20(22,23)24/h1-9H,10-11H2/b9-8+. The molecule has 0 saturated carbocycles. The molecule has 1 nitrogen and oxygen atoms in total. The van der Waals surface area contributed by atoms with E-state index in [1.54, 1.807) is 36.0 Å². The molecule has 2 aromatic carbocycles. The lowest BCUT2D eigenvalue weighted by Gasteiger charge is -2.13. The maximum atomic E-state index is 13.4. The highest BCUT2D eigenvalue weighted by atomic mass is 35.5. The summed E-state index contributed by atoms with van der Waals surface area (Å²) in [4.78, 5) is 5.30. The molecular formula is C20H13ClF3NS. The number of benzene rings is 2. The molecule has 0 aliphatic carbocycles. The van der Waals surface area contributed by atoms with Crippen LogP contribution in [0.5, 0.6) is 0 Å². The fourth-order valence-electron chi connectivity index (χ4n) is 3.12. The second-order valence-corrected chi connectivity index (χ2v) is 7.47. The number of nitrogens with zero attached hydrogens (tertiary/aromatic N) is 1. The van der Waals surface area contributed by atoms with Crippen molar-refractivity contribution in [2.75, 3.05) is 5.75 Å². The van der Waals surface area contributed by atoms with Crippen LogP contribution in [0.4, 0.5) is 13.2 Å². The average molecular weight is 392 g/mol. The van der Waals surface area contributed by atoms with Crippen molar-refractivity contribution in [3.05, 3.63) is 69.9 Å². The Morgan fingerprint density at radius 2 is 1.85 bits per heavy atom. The molecule has 0 amide bonds. The van der Waals surface area contributed by atoms with Gasteiger partial charge in [-0.05, 0) is 35.8 Å². The zero-order valence-electron chi connectivity index (χ0n) is 13.5. The molecule has 3 aromatic rings. The fourth-order valence-corrected chi connectivity index (χ4v) is 4.53. The lowest BCUT2D eigenvalue weighted by atomic mass is 10.0. The topological polar surface area (TPSA) is 12.9 Å². The minimum atomic E-state index is -4.44. The summed E-state index contributed by atoms with van der Waals surface area (Å²) >= 11 is 7.75. The third kappa shape index (κ3) is 3.10. The smallest absolute Gasteiger partial charge is 0.247 e. The summed E-state index contributed by atoms with van der Waals surface area (Å²) in [5.74, 6) is 0.847. The number of para-hydroxylation sites is 1. The monoisotopic (exact) mass is 391 g/mol. The van der Waals surface area contributed by atoms with Crippen molar-refractivity contribution in [1.29, 1.82) is 0 Å². The Balaban J connectivity index is 1.92. The number of halogens is 4. The zero-order valence-corrected chi connectivity index (χ0v) is 15.1. The van der Waals surface area contributed by atoms with Gasteiger partial charge in [-0.25, -0.2) is 4.98 Å². The SMILES string of the molecule is FC(F)(F)c1cccc2c3c(c(/C=C/c4ccccc4Cl)nc12)CCS3. The molecule has 4 rings (SSSR count). The lowest BCUT2D eigenvalue weighted by molar-refractivity contribution is -0.136. The first-order chi connectivity index (χ1) is 12.4. The summed E-state index contributed by atoms with van der Waals surface area (Å²) in [5.41, 5.74) is 1.70. The van der Waals surface area contributed by atoms with E-state index >= 15 is 0 Å². The molecule has 0 bridgehead atoms. The third-order valence-electron chi connectivity index (χ3n) is 4.33. The quantitative estimate of drug-likeness (QED) is 0.480. The number of pyridine rings is 1. The molecule has 0 fully saturated rings. The molecule has 132 valence electrons. The van der Waals surface area contributed by atoms with Crippen molar-refractivity contribution < 1.29 is 13.2 Å². The minimum Gasteiger partial charge on any atom is -0.247 e. The second kappa shape index (κ2) is 6.63. The van der Waals surface area contributed by atoms with Gasteiger partial charge in [0.25, 0.3) is 0 Å². The summed E-state index contributed by atoms with van der Waals surface area (Å²) in [5, 5.41) is 1.17. The first-order valence-electron chi connectivity index (χ1n) is 8.03. The van der Waals surface area contributed by atoms with Crippen LogP contribution < -0.4 is 0 Å². The Morgan fingerprint density at radius 3 is 2.62 bits per heavy atom. The van der Waals surface area contributed by atoms with E-state index in [-0.39, 0.29) is 5.52 Å². The fraction of sp³-hybridized carbons (Fsp3) is 0.150. The van der Waals surface area contributed by atoms with Crippen LogP contribution in [0.25, 0.3) is 23.1 Å². The van der Waals surface area contributed by atoms with E-state index in [1.807, 2.05) is 18.2 Å². The van der Waals surface area contributed by atoms with Crippen LogP contribution in [-0.2, 0) is 12.6 Å². The predicted molar refractivity (Wildman–Crippen MR) is 102 cm³/mol. The van der Waals surface area contributed by atoms with Crippen LogP contribution in [0.15, 0.2) is 47.4 Å². The minimum absolute atomic E-state index is 0.00644. The molecular weight excluding hydrogens is 379 g/mol. The van der Waals surface area contributed by atoms with E-state index in [1.165, 1.54) is 6.07 Å². The highest BCUT2D eigenvalue weighted by Gasteiger charge is 2.34. The van der Waals surface area contributed by atoms with Crippen LogP contribution >= 0.6 is 23.4 Å². The van der Waals surface area contributed by atoms with Gasteiger partial charge in [0.2, 0.25) is 0 Å². The number of fused-ring (bicyclic) bond motifs is 3. The highest BCUT2D eigenvalue weighted by molar-refractivity contribution is 7.99. The van der Waals surface area contributed by atoms with Gasteiger partial charge >= 0.3 is 6.18 Å². The summed E-state index contributed by atoms with van der Waals surface area (Å²) in [6, 6.07) is 11.6. The summed E-state index contributed by atoms with van der Waals surface area (Å²) in [7, 11) is 0. The van der Waals surface area contributed by atoms with E-state index in [2.05, 4.69) is 4.98 Å².